The molecule has 1 N–H and O–H groups in total. The third-order valence-electron chi connectivity index (χ3n) is 2.67. The third-order valence-corrected chi connectivity index (χ3v) is 2.67. The lowest BCUT2D eigenvalue weighted by Crippen LogP contribution is -2.09. The molecule has 20 heavy (non-hydrogen) atoms. The average Bonchev–Trinajstić information content (AvgIpc) is 2.73. The molecule has 1 aromatic heterocycles. The number of hydrogen-bond acceptors (Lipinski definition) is 1. The second kappa shape index (κ2) is 4.99. The minimum atomic E-state index is -4.75. The molecular formula is C13H9F4NO2. The van der Waals surface area contributed by atoms with Crippen LogP contribution in [0.2, 0.25) is 0 Å². The zero-order chi connectivity index (χ0) is 14.9. The molecule has 0 unspecified atom stereocenters. The second-order valence-electron chi connectivity index (χ2n) is 4.19. The summed E-state index contributed by atoms with van der Waals surface area (Å²) in [4.78, 5) is 10.8. The van der Waals surface area contributed by atoms with Crippen molar-refractivity contribution in [1.82, 2.24) is 4.57 Å². The summed E-state index contributed by atoms with van der Waals surface area (Å²) in [5.41, 5.74) is -1.61. The maximum atomic E-state index is 13.0. The van der Waals surface area contributed by atoms with Gasteiger partial charge in [-0.05, 0) is 17.7 Å². The van der Waals surface area contributed by atoms with Gasteiger partial charge in [-0.1, -0.05) is 12.1 Å². The van der Waals surface area contributed by atoms with Gasteiger partial charge in [-0.2, -0.15) is 13.2 Å². The molecule has 0 aliphatic carbocycles. The van der Waals surface area contributed by atoms with Gasteiger partial charge >= 0.3 is 12.1 Å². The molecule has 0 aliphatic rings. The zero-order valence-corrected chi connectivity index (χ0v) is 9.99. The molecule has 0 aliphatic heterocycles. The van der Waals surface area contributed by atoms with Crippen molar-refractivity contribution < 1.29 is 27.5 Å². The fourth-order valence-corrected chi connectivity index (χ4v) is 1.84. The van der Waals surface area contributed by atoms with Crippen LogP contribution in [0.4, 0.5) is 17.6 Å². The summed E-state index contributed by atoms with van der Waals surface area (Å²) in [6.45, 7) is -0.0475. The SMILES string of the molecule is O=C(O)c1cn(Cc2cccc(F)c2)cc1C(F)(F)F. The van der Waals surface area contributed by atoms with E-state index in [0.717, 1.165) is 10.8 Å². The van der Waals surface area contributed by atoms with Crippen LogP contribution >= 0.6 is 0 Å². The first-order chi connectivity index (χ1) is 9.27. The first-order valence-corrected chi connectivity index (χ1v) is 5.52. The Hall–Kier alpha value is -2.31. The quantitative estimate of drug-likeness (QED) is 0.879. The van der Waals surface area contributed by atoms with E-state index in [1.165, 1.54) is 24.3 Å². The summed E-state index contributed by atoms with van der Waals surface area (Å²) < 4.78 is 52.1. The van der Waals surface area contributed by atoms with E-state index >= 15 is 0 Å². The Bertz CT molecular complexity index is 646. The number of halogens is 4. The predicted molar refractivity (Wildman–Crippen MR) is 61.9 cm³/mol. The third kappa shape index (κ3) is 2.98. The van der Waals surface area contributed by atoms with Crippen LogP contribution in [0, 0.1) is 5.82 Å². The number of nitrogens with zero attached hydrogens (tertiary/aromatic N) is 1. The van der Waals surface area contributed by atoms with Crippen molar-refractivity contribution in [3.8, 4) is 0 Å². The van der Waals surface area contributed by atoms with Crippen molar-refractivity contribution in [3.05, 3.63) is 59.2 Å². The van der Waals surface area contributed by atoms with Crippen LogP contribution in [0.15, 0.2) is 36.7 Å². The highest BCUT2D eigenvalue weighted by Gasteiger charge is 2.36. The lowest BCUT2D eigenvalue weighted by molar-refractivity contribution is -0.138. The molecule has 2 rings (SSSR count). The van der Waals surface area contributed by atoms with E-state index in [0.29, 0.717) is 11.8 Å². The molecule has 1 heterocycles. The maximum absolute atomic E-state index is 13.0. The summed E-state index contributed by atoms with van der Waals surface area (Å²) in [6, 6.07) is 5.35. The first-order valence-electron chi connectivity index (χ1n) is 5.52. The van der Waals surface area contributed by atoms with E-state index in [9.17, 15) is 22.4 Å². The van der Waals surface area contributed by atoms with Crippen LogP contribution in [-0.2, 0) is 12.7 Å². The Balaban J connectivity index is 2.37. The zero-order valence-electron chi connectivity index (χ0n) is 9.99. The number of aromatic carboxylic acids is 1. The standard InChI is InChI=1S/C13H9F4NO2/c14-9-3-1-2-8(4-9)5-18-6-10(12(19)20)11(7-18)13(15,16)17/h1-4,6-7H,5H2,(H,19,20). The number of carbonyl (C=O) groups is 1. The number of aromatic nitrogens is 1. The highest BCUT2D eigenvalue weighted by Crippen LogP contribution is 2.32. The van der Waals surface area contributed by atoms with Gasteiger partial charge in [0, 0.05) is 18.9 Å². The molecule has 0 bridgehead atoms. The van der Waals surface area contributed by atoms with Gasteiger partial charge in [0.15, 0.2) is 0 Å². The van der Waals surface area contributed by atoms with Crippen LogP contribution < -0.4 is 0 Å². The molecule has 0 saturated carbocycles. The first kappa shape index (κ1) is 14.1. The second-order valence-corrected chi connectivity index (χ2v) is 4.19. The summed E-state index contributed by atoms with van der Waals surface area (Å²) >= 11 is 0. The normalized spacial score (nSPS) is 11.6. The summed E-state index contributed by atoms with van der Waals surface area (Å²) in [5.74, 6) is -2.17. The van der Waals surface area contributed by atoms with Gasteiger partial charge in [0.1, 0.15) is 5.82 Å². The van der Waals surface area contributed by atoms with Crippen molar-refractivity contribution in [1.29, 1.82) is 0 Å². The lowest BCUT2D eigenvalue weighted by atomic mass is 10.2. The molecule has 3 nitrogen and oxygen atoms in total. The minimum Gasteiger partial charge on any atom is -0.478 e. The topological polar surface area (TPSA) is 42.2 Å². The van der Waals surface area contributed by atoms with E-state index in [1.807, 2.05) is 0 Å². The van der Waals surface area contributed by atoms with Crippen molar-refractivity contribution >= 4 is 5.97 Å². The lowest BCUT2D eigenvalue weighted by Gasteiger charge is -2.05. The van der Waals surface area contributed by atoms with Gasteiger partial charge in [-0.15, -0.1) is 0 Å². The van der Waals surface area contributed by atoms with Gasteiger partial charge in [0.25, 0.3) is 0 Å². The molecule has 0 amide bonds. The molecule has 0 radical (unpaired) electrons. The fourth-order valence-electron chi connectivity index (χ4n) is 1.84. The van der Waals surface area contributed by atoms with Crippen molar-refractivity contribution in [2.45, 2.75) is 12.7 Å². The summed E-state index contributed by atoms with van der Waals surface area (Å²) in [7, 11) is 0. The molecule has 0 fully saturated rings. The number of carboxylic acids is 1. The number of rotatable bonds is 3. The predicted octanol–water partition coefficient (Wildman–Crippen LogP) is 3.39. The van der Waals surface area contributed by atoms with Gasteiger partial charge < -0.3 is 9.67 Å². The molecule has 2 aromatic rings. The van der Waals surface area contributed by atoms with Crippen molar-refractivity contribution in [2.24, 2.45) is 0 Å². The minimum absolute atomic E-state index is 0.0475. The van der Waals surface area contributed by atoms with Crippen LogP contribution in [0.25, 0.3) is 0 Å². The largest absolute Gasteiger partial charge is 0.478 e. The van der Waals surface area contributed by atoms with Crippen LogP contribution in [0.5, 0.6) is 0 Å². The van der Waals surface area contributed by atoms with Gasteiger partial charge in [-0.25, -0.2) is 9.18 Å². The molecule has 1 aromatic carbocycles. The highest BCUT2D eigenvalue weighted by atomic mass is 19.4. The molecule has 7 heteroatoms. The summed E-state index contributed by atoms with van der Waals surface area (Å²) in [5, 5.41) is 8.78. The number of benzene rings is 1. The maximum Gasteiger partial charge on any atom is 0.418 e. The van der Waals surface area contributed by atoms with Gasteiger partial charge in [0.05, 0.1) is 11.1 Å². The smallest absolute Gasteiger partial charge is 0.418 e. The van der Waals surface area contributed by atoms with Crippen molar-refractivity contribution in [2.75, 3.05) is 0 Å². The molecule has 106 valence electrons. The molecule has 0 atom stereocenters. The number of carboxylic acid groups (broad SMARTS) is 1. The van der Waals surface area contributed by atoms with Crippen LogP contribution in [0.3, 0.4) is 0 Å². The average molecular weight is 287 g/mol. The van der Waals surface area contributed by atoms with Crippen LogP contribution in [0.1, 0.15) is 21.5 Å². The Kier molecular flexibility index (Phi) is 3.52. The molecular weight excluding hydrogens is 278 g/mol. The number of alkyl halides is 3. The molecule has 0 spiro atoms. The molecule has 0 saturated heterocycles. The number of hydrogen-bond donors (Lipinski definition) is 1. The Labute approximate surface area is 111 Å². The summed E-state index contributed by atoms with van der Waals surface area (Å²) in [6.07, 6.45) is -3.16. The Morgan fingerprint density at radius 1 is 1.25 bits per heavy atom. The van der Waals surface area contributed by atoms with Gasteiger partial charge in [-0.3, -0.25) is 0 Å². The van der Waals surface area contributed by atoms with E-state index in [1.54, 1.807) is 0 Å². The fraction of sp³-hybridized carbons (Fsp3) is 0.154. The van der Waals surface area contributed by atoms with Gasteiger partial charge in [0.2, 0.25) is 0 Å². The monoisotopic (exact) mass is 287 g/mol. The van der Waals surface area contributed by atoms with E-state index < -0.39 is 29.1 Å². The van der Waals surface area contributed by atoms with E-state index in [2.05, 4.69) is 0 Å². The van der Waals surface area contributed by atoms with E-state index in [-0.39, 0.29) is 6.54 Å². The van der Waals surface area contributed by atoms with E-state index in [4.69, 9.17) is 5.11 Å². The Morgan fingerprint density at radius 2 is 1.95 bits per heavy atom. The Morgan fingerprint density at radius 3 is 2.45 bits per heavy atom. The van der Waals surface area contributed by atoms with Crippen molar-refractivity contribution in [3.63, 3.8) is 0 Å². The highest BCUT2D eigenvalue weighted by molar-refractivity contribution is 5.89. The van der Waals surface area contributed by atoms with Crippen LogP contribution in [-0.4, -0.2) is 15.6 Å².